The molecule has 0 radical (unpaired) electrons. The van der Waals surface area contributed by atoms with Crippen molar-refractivity contribution in [3.8, 4) is 5.75 Å². The second-order valence-electron chi connectivity index (χ2n) is 4.16. The summed E-state index contributed by atoms with van der Waals surface area (Å²) in [4.78, 5) is 22.0. The Labute approximate surface area is 114 Å². The van der Waals surface area contributed by atoms with Crippen molar-refractivity contribution in [3.05, 3.63) is 69.8 Å². The molecular formula is C14H12N2O4. The van der Waals surface area contributed by atoms with E-state index < -0.39 is 4.92 Å². The zero-order valence-corrected chi connectivity index (χ0v) is 10.4. The number of carbonyl (C=O) groups is 1. The highest BCUT2D eigenvalue weighted by atomic mass is 16.6. The number of benzene rings is 2. The lowest BCUT2D eigenvalue weighted by Gasteiger charge is -2.05. The van der Waals surface area contributed by atoms with Gasteiger partial charge in [0.15, 0.2) is 0 Å². The van der Waals surface area contributed by atoms with Crippen LogP contribution in [0.3, 0.4) is 0 Å². The lowest BCUT2D eigenvalue weighted by atomic mass is 10.1. The molecule has 0 saturated heterocycles. The molecule has 0 aliphatic carbocycles. The van der Waals surface area contributed by atoms with E-state index in [0.717, 1.165) is 0 Å². The average molecular weight is 272 g/mol. The van der Waals surface area contributed by atoms with E-state index in [0.29, 0.717) is 11.1 Å². The molecule has 1 amide bonds. The third-order valence-corrected chi connectivity index (χ3v) is 2.70. The Bertz CT molecular complexity index is 638. The number of nitrogens with zero attached hydrogens (tertiary/aromatic N) is 1. The fourth-order valence-electron chi connectivity index (χ4n) is 1.68. The second-order valence-corrected chi connectivity index (χ2v) is 4.16. The molecule has 2 rings (SSSR count). The highest BCUT2D eigenvalue weighted by Crippen LogP contribution is 2.13. The monoisotopic (exact) mass is 272 g/mol. The lowest BCUT2D eigenvalue weighted by molar-refractivity contribution is -0.384. The number of carbonyl (C=O) groups excluding carboxylic acids is 1. The van der Waals surface area contributed by atoms with Gasteiger partial charge in [0.2, 0.25) is 0 Å². The smallest absolute Gasteiger partial charge is 0.269 e. The minimum absolute atomic E-state index is 0.0126. The summed E-state index contributed by atoms with van der Waals surface area (Å²) in [6, 6.07) is 11.9. The van der Waals surface area contributed by atoms with E-state index in [1.54, 1.807) is 12.1 Å². The number of nitro groups is 1. The standard InChI is InChI=1S/C14H12N2O4/c17-13-6-4-11(5-7-13)14(18)15-9-10-2-1-3-12(8-10)16(19)20/h1-8,17H,9H2,(H,15,18). The van der Waals surface area contributed by atoms with Crippen LogP contribution in [-0.2, 0) is 6.54 Å². The van der Waals surface area contributed by atoms with E-state index in [1.807, 2.05) is 0 Å². The zero-order valence-electron chi connectivity index (χ0n) is 10.4. The molecule has 20 heavy (non-hydrogen) atoms. The van der Waals surface area contributed by atoms with Crippen molar-refractivity contribution >= 4 is 11.6 Å². The molecule has 0 atom stereocenters. The van der Waals surface area contributed by atoms with Crippen molar-refractivity contribution in [1.82, 2.24) is 5.32 Å². The Hall–Kier alpha value is -2.89. The normalized spacial score (nSPS) is 10.0. The highest BCUT2D eigenvalue weighted by molar-refractivity contribution is 5.94. The summed E-state index contributed by atoms with van der Waals surface area (Å²) in [5.74, 6) is -0.225. The summed E-state index contributed by atoms with van der Waals surface area (Å²) in [6.45, 7) is 0.196. The van der Waals surface area contributed by atoms with Crippen molar-refractivity contribution < 1.29 is 14.8 Å². The van der Waals surface area contributed by atoms with Gasteiger partial charge in [-0.15, -0.1) is 0 Å². The fraction of sp³-hybridized carbons (Fsp3) is 0.0714. The summed E-state index contributed by atoms with van der Waals surface area (Å²) in [5.41, 5.74) is 1.04. The van der Waals surface area contributed by atoms with Crippen LogP contribution in [0.2, 0.25) is 0 Å². The Morgan fingerprint density at radius 1 is 1.20 bits per heavy atom. The molecule has 6 nitrogen and oxygen atoms in total. The molecule has 0 fully saturated rings. The predicted molar refractivity (Wildman–Crippen MR) is 72.4 cm³/mol. The summed E-state index contributed by atoms with van der Waals surface area (Å²) >= 11 is 0. The van der Waals surface area contributed by atoms with Crippen molar-refractivity contribution in [2.75, 3.05) is 0 Å². The van der Waals surface area contributed by atoms with Crippen LogP contribution < -0.4 is 5.32 Å². The van der Waals surface area contributed by atoms with Crippen molar-refractivity contribution in [2.45, 2.75) is 6.54 Å². The minimum atomic E-state index is -0.481. The number of phenolic OH excluding ortho intramolecular Hbond substituents is 1. The number of phenols is 1. The molecular weight excluding hydrogens is 260 g/mol. The van der Waals surface area contributed by atoms with Crippen LogP contribution in [0.25, 0.3) is 0 Å². The second kappa shape index (κ2) is 5.83. The van der Waals surface area contributed by atoms with Crippen molar-refractivity contribution in [1.29, 1.82) is 0 Å². The Kier molecular flexibility index (Phi) is 3.95. The Balaban J connectivity index is 2.01. The molecule has 6 heteroatoms. The van der Waals surface area contributed by atoms with Gasteiger partial charge >= 0.3 is 0 Å². The summed E-state index contributed by atoms with van der Waals surface area (Å²) in [6.07, 6.45) is 0. The first-order chi connectivity index (χ1) is 9.56. The maximum atomic E-state index is 11.8. The first-order valence-corrected chi connectivity index (χ1v) is 5.87. The van der Waals surface area contributed by atoms with Crippen molar-refractivity contribution in [2.24, 2.45) is 0 Å². The summed E-state index contributed by atoms with van der Waals surface area (Å²) in [5, 5.41) is 22.4. The molecule has 2 aromatic rings. The molecule has 102 valence electrons. The highest BCUT2D eigenvalue weighted by Gasteiger charge is 2.08. The molecule has 0 aromatic heterocycles. The molecule has 0 aliphatic heterocycles. The molecule has 0 spiro atoms. The van der Waals surface area contributed by atoms with Crippen LogP contribution in [0, 0.1) is 10.1 Å². The molecule has 0 saturated carbocycles. The summed E-state index contributed by atoms with van der Waals surface area (Å²) in [7, 11) is 0. The molecule has 0 aliphatic rings. The van der Waals surface area contributed by atoms with E-state index in [4.69, 9.17) is 5.11 Å². The van der Waals surface area contributed by atoms with Gasteiger partial charge < -0.3 is 10.4 Å². The third-order valence-electron chi connectivity index (χ3n) is 2.70. The van der Waals surface area contributed by atoms with Crippen molar-refractivity contribution in [3.63, 3.8) is 0 Å². The molecule has 2 N–H and O–H groups in total. The minimum Gasteiger partial charge on any atom is -0.508 e. The lowest BCUT2D eigenvalue weighted by Crippen LogP contribution is -2.22. The number of rotatable bonds is 4. The van der Waals surface area contributed by atoms with Gasteiger partial charge in [0, 0.05) is 24.2 Å². The van der Waals surface area contributed by atoms with Crippen LogP contribution in [0.15, 0.2) is 48.5 Å². The maximum absolute atomic E-state index is 11.8. The third kappa shape index (κ3) is 3.32. The Morgan fingerprint density at radius 2 is 1.90 bits per heavy atom. The number of hydrogen-bond donors (Lipinski definition) is 2. The van der Waals surface area contributed by atoms with Gasteiger partial charge in [0.05, 0.1) is 4.92 Å². The van der Waals surface area contributed by atoms with Crippen LogP contribution in [-0.4, -0.2) is 15.9 Å². The molecule has 0 unspecified atom stereocenters. The van der Waals surface area contributed by atoms with Gasteiger partial charge in [-0.05, 0) is 29.8 Å². The number of nitrogens with one attached hydrogen (secondary N) is 1. The van der Waals surface area contributed by atoms with E-state index >= 15 is 0 Å². The molecule has 0 bridgehead atoms. The number of amides is 1. The van der Waals surface area contributed by atoms with Crippen LogP contribution in [0.5, 0.6) is 5.75 Å². The number of hydrogen-bond acceptors (Lipinski definition) is 4. The van der Waals surface area contributed by atoms with E-state index in [9.17, 15) is 14.9 Å². The Morgan fingerprint density at radius 3 is 2.55 bits per heavy atom. The average Bonchev–Trinajstić information content (AvgIpc) is 2.46. The topological polar surface area (TPSA) is 92.5 Å². The van der Waals surface area contributed by atoms with Gasteiger partial charge in [-0.3, -0.25) is 14.9 Å². The molecule has 2 aromatic carbocycles. The largest absolute Gasteiger partial charge is 0.508 e. The van der Waals surface area contributed by atoms with Crippen LogP contribution in [0.1, 0.15) is 15.9 Å². The van der Waals surface area contributed by atoms with Crippen LogP contribution in [0.4, 0.5) is 5.69 Å². The van der Waals surface area contributed by atoms with Gasteiger partial charge in [0.1, 0.15) is 5.75 Å². The number of nitro benzene ring substituents is 1. The summed E-state index contributed by atoms with van der Waals surface area (Å²) < 4.78 is 0. The number of non-ortho nitro benzene ring substituents is 1. The van der Waals surface area contributed by atoms with Gasteiger partial charge in [-0.1, -0.05) is 12.1 Å². The molecule has 0 heterocycles. The fourth-order valence-corrected chi connectivity index (χ4v) is 1.68. The van der Waals surface area contributed by atoms with E-state index in [-0.39, 0.29) is 23.9 Å². The maximum Gasteiger partial charge on any atom is 0.269 e. The first kappa shape index (κ1) is 13.5. The number of aromatic hydroxyl groups is 1. The quantitative estimate of drug-likeness (QED) is 0.659. The first-order valence-electron chi connectivity index (χ1n) is 5.87. The van der Waals surface area contributed by atoms with Gasteiger partial charge in [-0.2, -0.15) is 0 Å². The predicted octanol–water partition coefficient (Wildman–Crippen LogP) is 2.23. The van der Waals surface area contributed by atoms with Crippen LogP contribution >= 0.6 is 0 Å². The van der Waals surface area contributed by atoms with Gasteiger partial charge in [0.25, 0.3) is 11.6 Å². The van der Waals surface area contributed by atoms with E-state index in [1.165, 1.54) is 36.4 Å². The zero-order chi connectivity index (χ0) is 14.5. The SMILES string of the molecule is O=C(NCc1cccc([N+](=O)[O-])c1)c1ccc(O)cc1. The van der Waals surface area contributed by atoms with Gasteiger partial charge in [-0.25, -0.2) is 0 Å². The van der Waals surface area contributed by atoms with E-state index in [2.05, 4.69) is 5.32 Å².